The van der Waals surface area contributed by atoms with Crippen molar-refractivity contribution in [3.63, 3.8) is 0 Å². The number of anilines is 1. The number of rotatable bonds is 4. The van der Waals surface area contributed by atoms with Crippen molar-refractivity contribution in [2.75, 3.05) is 11.1 Å². The Morgan fingerprint density at radius 3 is 2.62 bits per heavy atom. The number of aryl methyl sites for hydroxylation is 3. The van der Waals surface area contributed by atoms with Crippen LogP contribution >= 0.6 is 11.8 Å². The summed E-state index contributed by atoms with van der Waals surface area (Å²) < 4.78 is 0. The van der Waals surface area contributed by atoms with Crippen LogP contribution in [0.3, 0.4) is 0 Å². The smallest absolute Gasteiger partial charge is 0.234 e. The maximum absolute atomic E-state index is 12.2. The second-order valence-electron chi connectivity index (χ2n) is 5.73. The summed E-state index contributed by atoms with van der Waals surface area (Å²) in [5.74, 6) is 0.988. The van der Waals surface area contributed by atoms with Gasteiger partial charge in [-0.25, -0.2) is 9.97 Å². The predicted molar refractivity (Wildman–Crippen MR) is 99.5 cm³/mol. The SMILES string of the molecule is Cc1nc(SCC(=O)Nc2ccc(C)c(C)c2)c2ccccc2n1. The Labute approximate surface area is 145 Å². The van der Waals surface area contributed by atoms with Gasteiger partial charge in [0.05, 0.1) is 11.3 Å². The molecule has 0 aliphatic heterocycles. The molecule has 0 saturated heterocycles. The van der Waals surface area contributed by atoms with E-state index in [0.29, 0.717) is 11.6 Å². The average Bonchev–Trinajstić information content (AvgIpc) is 2.56. The van der Waals surface area contributed by atoms with Crippen molar-refractivity contribution >= 4 is 34.3 Å². The molecule has 0 fully saturated rings. The molecule has 5 heteroatoms. The lowest BCUT2D eigenvalue weighted by Crippen LogP contribution is -2.14. The maximum atomic E-state index is 12.2. The van der Waals surface area contributed by atoms with E-state index in [1.54, 1.807) is 0 Å². The molecule has 2 aromatic carbocycles. The van der Waals surface area contributed by atoms with Gasteiger partial charge in [0.25, 0.3) is 0 Å². The van der Waals surface area contributed by atoms with E-state index in [4.69, 9.17) is 0 Å². The quantitative estimate of drug-likeness (QED) is 0.570. The van der Waals surface area contributed by atoms with E-state index in [2.05, 4.69) is 22.2 Å². The third-order valence-corrected chi connectivity index (χ3v) is 4.80. The molecule has 0 aliphatic carbocycles. The lowest BCUT2D eigenvalue weighted by Gasteiger charge is -2.09. The standard InChI is InChI=1S/C19H19N3OS/c1-12-8-9-15(10-13(12)2)22-18(23)11-24-19-16-6-4-5-7-17(16)20-14(3)21-19/h4-10H,11H2,1-3H3,(H,22,23). The van der Waals surface area contributed by atoms with E-state index in [0.717, 1.165) is 27.2 Å². The molecule has 3 rings (SSSR count). The molecule has 0 saturated carbocycles. The fraction of sp³-hybridized carbons (Fsp3) is 0.211. The number of carbonyl (C=O) groups excluding carboxylic acids is 1. The molecule has 122 valence electrons. The Kier molecular flexibility index (Phi) is 4.81. The predicted octanol–water partition coefficient (Wildman–Crippen LogP) is 4.29. The summed E-state index contributed by atoms with van der Waals surface area (Å²) in [5.41, 5.74) is 4.11. The highest BCUT2D eigenvalue weighted by Crippen LogP contribution is 2.25. The minimum absolute atomic E-state index is 0.0383. The van der Waals surface area contributed by atoms with Crippen molar-refractivity contribution in [2.45, 2.75) is 25.8 Å². The summed E-state index contributed by atoms with van der Waals surface area (Å²) in [7, 11) is 0. The first-order chi connectivity index (χ1) is 11.5. The van der Waals surface area contributed by atoms with Crippen molar-refractivity contribution in [2.24, 2.45) is 0 Å². The highest BCUT2D eigenvalue weighted by Gasteiger charge is 2.09. The lowest BCUT2D eigenvalue weighted by atomic mass is 10.1. The molecule has 1 amide bonds. The normalized spacial score (nSPS) is 10.8. The molecular weight excluding hydrogens is 318 g/mol. The van der Waals surface area contributed by atoms with Crippen molar-refractivity contribution in [1.82, 2.24) is 9.97 Å². The number of para-hydroxylation sites is 1. The topological polar surface area (TPSA) is 54.9 Å². The van der Waals surface area contributed by atoms with Crippen LogP contribution in [0.2, 0.25) is 0 Å². The number of aromatic nitrogens is 2. The van der Waals surface area contributed by atoms with Gasteiger partial charge in [0.15, 0.2) is 0 Å². The molecule has 0 bridgehead atoms. The Morgan fingerprint density at radius 2 is 1.83 bits per heavy atom. The number of amides is 1. The Hall–Kier alpha value is -2.40. The van der Waals surface area contributed by atoms with E-state index in [1.807, 2.05) is 56.3 Å². The first-order valence-electron chi connectivity index (χ1n) is 7.76. The summed E-state index contributed by atoms with van der Waals surface area (Å²) in [4.78, 5) is 21.1. The number of benzene rings is 2. The third kappa shape index (κ3) is 3.74. The van der Waals surface area contributed by atoms with E-state index in [-0.39, 0.29) is 5.91 Å². The number of nitrogens with zero attached hydrogens (tertiary/aromatic N) is 2. The second-order valence-corrected chi connectivity index (χ2v) is 6.69. The van der Waals surface area contributed by atoms with E-state index in [9.17, 15) is 4.79 Å². The van der Waals surface area contributed by atoms with Crippen LogP contribution in [0.1, 0.15) is 17.0 Å². The molecule has 1 heterocycles. The maximum Gasteiger partial charge on any atom is 0.234 e. The Bertz CT molecular complexity index is 908. The van der Waals surface area contributed by atoms with Gasteiger partial charge >= 0.3 is 0 Å². The first kappa shape index (κ1) is 16.5. The highest BCUT2D eigenvalue weighted by atomic mass is 32.2. The Morgan fingerprint density at radius 1 is 1.04 bits per heavy atom. The van der Waals surface area contributed by atoms with Crippen LogP contribution in [0.15, 0.2) is 47.5 Å². The molecule has 24 heavy (non-hydrogen) atoms. The minimum Gasteiger partial charge on any atom is -0.325 e. The van der Waals surface area contributed by atoms with Crippen LogP contribution in [0, 0.1) is 20.8 Å². The van der Waals surface area contributed by atoms with Gasteiger partial charge in [-0.05, 0) is 50.1 Å². The van der Waals surface area contributed by atoms with Crippen LogP contribution in [0.5, 0.6) is 0 Å². The fourth-order valence-corrected chi connectivity index (χ4v) is 3.28. The molecule has 1 N–H and O–H groups in total. The summed E-state index contributed by atoms with van der Waals surface area (Å²) >= 11 is 1.44. The number of thioether (sulfide) groups is 1. The zero-order valence-corrected chi connectivity index (χ0v) is 14.8. The number of hydrogen-bond donors (Lipinski definition) is 1. The zero-order valence-electron chi connectivity index (χ0n) is 14.0. The third-order valence-electron chi connectivity index (χ3n) is 3.81. The first-order valence-corrected chi connectivity index (χ1v) is 8.75. The van der Waals surface area contributed by atoms with Gasteiger partial charge in [0.1, 0.15) is 10.9 Å². The summed E-state index contributed by atoms with van der Waals surface area (Å²) in [6.45, 7) is 5.96. The molecular formula is C19H19N3OS. The van der Waals surface area contributed by atoms with Crippen molar-refractivity contribution in [3.05, 3.63) is 59.4 Å². The van der Waals surface area contributed by atoms with Gasteiger partial charge in [-0.1, -0.05) is 36.0 Å². The van der Waals surface area contributed by atoms with Gasteiger partial charge in [-0.2, -0.15) is 0 Å². The molecule has 0 aliphatic rings. The monoisotopic (exact) mass is 337 g/mol. The van der Waals surface area contributed by atoms with Crippen LogP contribution in [0.25, 0.3) is 10.9 Å². The summed E-state index contributed by atoms with van der Waals surface area (Å²) in [5, 5.41) is 4.76. The van der Waals surface area contributed by atoms with E-state index in [1.165, 1.54) is 17.3 Å². The fourth-order valence-electron chi connectivity index (χ4n) is 2.42. The van der Waals surface area contributed by atoms with Gasteiger partial charge in [-0.15, -0.1) is 0 Å². The number of fused-ring (bicyclic) bond motifs is 1. The number of carbonyl (C=O) groups is 1. The molecule has 4 nitrogen and oxygen atoms in total. The summed E-state index contributed by atoms with van der Waals surface area (Å²) in [6.07, 6.45) is 0. The lowest BCUT2D eigenvalue weighted by molar-refractivity contribution is -0.113. The largest absolute Gasteiger partial charge is 0.325 e. The van der Waals surface area contributed by atoms with Crippen LogP contribution in [-0.2, 0) is 4.79 Å². The van der Waals surface area contributed by atoms with Crippen LogP contribution < -0.4 is 5.32 Å². The van der Waals surface area contributed by atoms with Gasteiger partial charge in [0, 0.05) is 11.1 Å². The van der Waals surface area contributed by atoms with E-state index >= 15 is 0 Å². The van der Waals surface area contributed by atoms with Crippen molar-refractivity contribution in [1.29, 1.82) is 0 Å². The van der Waals surface area contributed by atoms with Gasteiger partial charge in [-0.3, -0.25) is 4.79 Å². The van der Waals surface area contributed by atoms with Crippen molar-refractivity contribution < 1.29 is 4.79 Å². The second kappa shape index (κ2) is 7.01. The molecule has 1 aromatic heterocycles. The van der Waals surface area contributed by atoms with Crippen molar-refractivity contribution in [3.8, 4) is 0 Å². The van der Waals surface area contributed by atoms with Crippen LogP contribution in [-0.4, -0.2) is 21.6 Å². The van der Waals surface area contributed by atoms with Gasteiger partial charge < -0.3 is 5.32 Å². The highest BCUT2D eigenvalue weighted by molar-refractivity contribution is 8.00. The van der Waals surface area contributed by atoms with Crippen LogP contribution in [0.4, 0.5) is 5.69 Å². The molecule has 0 radical (unpaired) electrons. The Balaban J connectivity index is 1.71. The molecule has 0 unspecified atom stereocenters. The average molecular weight is 337 g/mol. The molecule has 0 spiro atoms. The number of hydrogen-bond acceptors (Lipinski definition) is 4. The number of nitrogens with one attached hydrogen (secondary N) is 1. The minimum atomic E-state index is -0.0383. The zero-order chi connectivity index (χ0) is 17.1. The van der Waals surface area contributed by atoms with E-state index < -0.39 is 0 Å². The summed E-state index contributed by atoms with van der Waals surface area (Å²) in [6, 6.07) is 13.8. The molecule has 3 aromatic rings. The molecule has 0 atom stereocenters. The van der Waals surface area contributed by atoms with Gasteiger partial charge in [0.2, 0.25) is 5.91 Å².